The Morgan fingerprint density at radius 3 is 2.86 bits per heavy atom. The van der Waals surface area contributed by atoms with Crippen molar-refractivity contribution >= 4 is 28.3 Å². The molecule has 0 aliphatic heterocycles. The maximum Gasteiger partial charge on any atom is 0.170 e. The highest BCUT2D eigenvalue weighted by molar-refractivity contribution is 6.30. The van der Waals surface area contributed by atoms with Crippen molar-refractivity contribution in [2.24, 2.45) is 7.05 Å². The number of fused-ring (bicyclic) bond motifs is 3. The lowest BCUT2D eigenvalue weighted by molar-refractivity contribution is 0.524. The van der Waals surface area contributed by atoms with E-state index in [9.17, 15) is 0 Å². The first-order chi connectivity index (χ1) is 10.6. The van der Waals surface area contributed by atoms with Crippen LogP contribution < -0.4 is 0 Å². The highest BCUT2D eigenvalue weighted by Crippen LogP contribution is 2.19. The Morgan fingerprint density at radius 1 is 1.23 bits per heavy atom. The molecular weight excluding hydrogens is 304 g/mol. The second-order valence-electron chi connectivity index (χ2n) is 5.27. The zero-order chi connectivity index (χ0) is 15.3. The molecule has 0 spiro atoms. The Kier molecular flexibility index (Phi) is 2.86. The molecule has 0 unspecified atom stereocenters. The van der Waals surface area contributed by atoms with Crippen LogP contribution in [0.3, 0.4) is 0 Å². The number of hydrogen-bond donors (Lipinski definition) is 0. The zero-order valence-electron chi connectivity index (χ0n) is 12.0. The van der Waals surface area contributed by atoms with Gasteiger partial charge in [-0.3, -0.25) is 9.36 Å². The first kappa shape index (κ1) is 13.2. The first-order valence-electron chi connectivity index (χ1n) is 6.83. The van der Waals surface area contributed by atoms with E-state index in [1.807, 2.05) is 7.05 Å². The summed E-state index contributed by atoms with van der Waals surface area (Å²) in [5.41, 5.74) is 1.55. The summed E-state index contributed by atoms with van der Waals surface area (Å²) in [6.45, 7) is 2.71. The van der Waals surface area contributed by atoms with E-state index in [1.54, 1.807) is 38.8 Å². The molecule has 4 aromatic rings. The molecule has 9 heteroatoms. The Morgan fingerprint density at radius 2 is 2.09 bits per heavy atom. The lowest BCUT2D eigenvalue weighted by Gasteiger charge is -2.06. The third-order valence-electron chi connectivity index (χ3n) is 3.59. The van der Waals surface area contributed by atoms with Gasteiger partial charge in [-0.2, -0.15) is 10.2 Å². The minimum atomic E-state index is 0.0996. The quantitative estimate of drug-likeness (QED) is 0.574. The fraction of sp³-hybridized carbons (Fsp3) is 0.308. The molecule has 0 bridgehead atoms. The van der Waals surface area contributed by atoms with E-state index < -0.39 is 0 Å². The minimum Gasteiger partial charge on any atom is -0.270 e. The molecule has 0 aromatic carbocycles. The highest BCUT2D eigenvalue weighted by atomic mass is 35.5. The largest absolute Gasteiger partial charge is 0.270 e. The summed E-state index contributed by atoms with van der Waals surface area (Å²) in [6.07, 6.45) is 6.82. The van der Waals surface area contributed by atoms with Gasteiger partial charge in [0.1, 0.15) is 6.33 Å². The SMILES string of the molecule is C[C@H](Cn1cc(Cl)cn1)c1nc2c3cnn(C)c3ncn2n1. The topological polar surface area (TPSA) is 78.7 Å². The van der Waals surface area contributed by atoms with Crippen molar-refractivity contribution in [3.05, 3.63) is 35.8 Å². The molecular formula is C13H13ClN8. The molecule has 0 radical (unpaired) electrons. The minimum absolute atomic E-state index is 0.0996. The van der Waals surface area contributed by atoms with Gasteiger partial charge in [-0.15, -0.1) is 5.10 Å². The van der Waals surface area contributed by atoms with Gasteiger partial charge in [-0.25, -0.2) is 14.5 Å². The summed E-state index contributed by atoms with van der Waals surface area (Å²) in [6, 6.07) is 0. The van der Waals surface area contributed by atoms with Crippen LogP contribution in [0.4, 0.5) is 0 Å². The molecule has 4 heterocycles. The Bertz CT molecular complexity index is 965. The fourth-order valence-corrected chi connectivity index (χ4v) is 2.62. The number of rotatable bonds is 3. The Labute approximate surface area is 130 Å². The molecule has 4 rings (SSSR count). The van der Waals surface area contributed by atoms with E-state index >= 15 is 0 Å². The fourth-order valence-electron chi connectivity index (χ4n) is 2.46. The predicted molar refractivity (Wildman–Crippen MR) is 80.7 cm³/mol. The molecule has 0 aliphatic rings. The summed E-state index contributed by atoms with van der Waals surface area (Å²) < 4.78 is 5.20. The third kappa shape index (κ3) is 2.03. The van der Waals surface area contributed by atoms with Crippen molar-refractivity contribution in [2.75, 3.05) is 0 Å². The lowest BCUT2D eigenvalue weighted by Crippen LogP contribution is -2.08. The predicted octanol–water partition coefficient (Wildman–Crippen LogP) is 1.66. The van der Waals surface area contributed by atoms with Crippen LogP contribution in [0, 0.1) is 0 Å². The van der Waals surface area contributed by atoms with Gasteiger partial charge in [0.2, 0.25) is 0 Å². The molecule has 8 nitrogen and oxygen atoms in total. The van der Waals surface area contributed by atoms with Crippen molar-refractivity contribution in [3.63, 3.8) is 0 Å². The standard InChI is InChI=1S/C13H13ClN8/c1-8(5-21-6-9(14)3-17-21)11-18-13-10-4-16-20(2)12(10)15-7-22(13)19-11/h3-4,6-8H,5H2,1-2H3/t8-/m1/s1. The van der Waals surface area contributed by atoms with Crippen LogP contribution in [0.2, 0.25) is 5.02 Å². The summed E-state index contributed by atoms with van der Waals surface area (Å²) in [4.78, 5) is 9.00. The van der Waals surface area contributed by atoms with Crippen LogP contribution in [0.1, 0.15) is 18.7 Å². The summed E-state index contributed by atoms with van der Waals surface area (Å²) >= 11 is 5.89. The smallest absolute Gasteiger partial charge is 0.170 e. The van der Waals surface area contributed by atoms with Gasteiger partial charge in [0.25, 0.3) is 0 Å². The van der Waals surface area contributed by atoms with Crippen molar-refractivity contribution < 1.29 is 0 Å². The van der Waals surface area contributed by atoms with Gasteiger partial charge in [0.15, 0.2) is 17.1 Å². The van der Waals surface area contributed by atoms with E-state index in [0.717, 1.165) is 22.5 Å². The van der Waals surface area contributed by atoms with Crippen molar-refractivity contribution in [1.82, 2.24) is 39.1 Å². The summed E-state index contributed by atoms with van der Waals surface area (Å²) in [5, 5.41) is 14.4. The first-order valence-corrected chi connectivity index (χ1v) is 7.20. The molecule has 22 heavy (non-hydrogen) atoms. The molecule has 0 aliphatic carbocycles. The average molecular weight is 317 g/mol. The molecule has 0 saturated carbocycles. The van der Waals surface area contributed by atoms with E-state index in [-0.39, 0.29) is 5.92 Å². The lowest BCUT2D eigenvalue weighted by atomic mass is 10.2. The molecule has 0 N–H and O–H groups in total. The average Bonchev–Trinajstić information content (AvgIpc) is 3.17. The van der Waals surface area contributed by atoms with Gasteiger partial charge in [-0.1, -0.05) is 18.5 Å². The maximum atomic E-state index is 5.89. The van der Waals surface area contributed by atoms with Gasteiger partial charge < -0.3 is 0 Å². The second kappa shape index (κ2) is 4.77. The maximum absolute atomic E-state index is 5.89. The third-order valence-corrected chi connectivity index (χ3v) is 3.78. The monoisotopic (exact) mass is 316 g/mol. The van der Waals surface area contributed by atoms with Crippen LogP contribution in [0.15, 0.2) is 24.9 Å². The van der Waals surface area contributed by atoms with Crippen LogP contribution in [0.5, 0.6) is 0 Å². The molecule has 4 aromatic heterocycles. The number of aromatic nitrogens is 8. The number of nitrogens with zero attached hydrogens (tertiary/aromatic N) is 8. The van der Waals surface area contributed by atoms with E-state index in [2.05, 4.69) is 32.2 Å². The molecule has 0 saturated heterocycles. The van der Waals surface area contributed by atoms with Gasteiger partial charge >= 0.3 is 0 Å². The van der Waals surface area contributed by atoms with Gasteiger partial charge in [0.05, 0.1) is 29.3 Å². The van der Waals surface area contributed by atoms with Crippen LogP contribution in [-0.4, -0.2) is 39.1 Å². The second-order valence-corrected chi connectivity index (χ2v) is 5.71. The van der Waals surface area contributed by atoms with Gasteiger partial charge in [0, 0.05) is 19.2 Å². The van der Waals surface area contributed by atoms with Crippen LogP contribution >= 0.6 is 11.6 Å². The molecule has 0 fully saturated rings. The van der Waals surface area contributed by atoms with E-state index in [1.165, 1.54) is 0 Å². The van der Waals surface area contributed by atoms with Crippen molar-refractivity contribution in [1.29, 1.82) is 0 Å². The van der Waals surface area contributed by atoms with Crippen molar-refractivity contribution in [2.45, 2.75) is 19.4 Å². The number of halogens is 1. The molecule has 112 valence electrons. The number of aryl methyl sites for hydroxylation is 1. The molecule has 1 atom stereocenters. The van der Waals surface area contributed by atoms with Crippen molar-refractivity contribution in [3.8, 4) is 0 Å². The summed E-state index contributed by atoms with van der Waals surface area (Å²) in [5.74, 6) is 0.840. The highest BCUT2D eigenvalue weighted by Gasteiger charge is 2.16. The zero-order valence-corrected chi connectivity index (χ0v) is 12.8. The van der Waals surface area contributed by atoms with E-state index in [0.29, 0.717) is 11.6 Å². The van der Waals surface area contributed by atoms with Gasteiger partial charge in [-0.05, 0) is 0 Å². The summed E-state index contributed by atoms with van der Waals surface area (Å²) in [7, 11) is 1.85. The normalized spacial score (nSPS) is 13.2. The Hall–Kier alpha value is -2.48. The van der Waals surface area contributed by atoms with Crippen LogP contribution in [0.25, 0.3) is 16.7 Å². The van der Waals surface area contributed by atoms with E-state index in [4.69, 9.17) is 11.6 Å². The number of hydrogen-bond acceptors (Lipinski definition) is 5. The Balaban J connectivity index is 1.74. The molecule has 0 amide bonds. The van der Waals surface area contributed by atoms with Crippen LogP contribution in [-0.2, 0) is 13.6 Å².